The molecule has 0 saturated carbocycles. The first-order valence-corrected chi connectivity index (χ1v) is 7.60. The maximum absolute atomic E-state index is 12.0. The Kier molecular flexibility index (Phi) is 7.49. The third kappa shape index (κ3) is 5.97. The van der Waals surface area contributed by atoms with Crippen molar-refractivity contribution in [3.05, 3.63) is 35.4 Å². The number of nitrogens with one attached hydrogen (secondary N) is 1. The quantitative estimate of drug-likeness (QED) is 0.771. The first kappa shape index (κ1) is 17.2. The molecule has 0 saturated heterocycles. The van der Waals surface area contributed by atoms with E-state index >= 15 is 0 Å². The second-order valence-corrected chi connectivity index (χ2v) is 5.41. The van der Waals surface area contributed by atoms with Crippen LogP contribution in [-0.2, 0) is 4.79 Å². The Morgan fingerprint density at radius 3 is 2.52 bits per heavy atom. The highest BCUT2D eigenvalue weighted by atomic mass is 16.1. The molecule has 1 rings (SSSR count). The number of hydrogen-bond donors (Lipinski definition) is 2. The van der Waals surface area contributed by atoms with Crippen molar-refractivity contribution in [2.75, 3.05) is 6.54 Å². The second kappa shape index (κ2) is 9.15. The monoisotopic (exact) mass is 287 g/mol. The van der Waals surface area contributed by atoms with Gasteiger partial charge in [-0.05, 0) is 49.9 Å². The Labute approximate surface area is 127 Å². The van der Waals surface area contributed by atoms with Gasteiger partial charge in [-0.3, -0.25) is 4.79 Å². The summed E-state index contributed by atoms with van der Waals surface area (Å²) < 4.78 is 0. The molecule has 0 aromatic heterocycles. The summed E-state index contributed by atoms with van der Waals surface area (Å²) in [6, 6.07) is 9.35. The Hall–Kier alpha value is -1.86. The maximum Gasteiger partial charge on any atom is 0.220 e. The van der Waals surface area contributed by atoms with Crippen molar-refractivity contribution in [1.82, 2.24) is 5.32 Å². The van der Waals surface area contributed by atoms with E-state index in [4.69, 9.17) is 11.0 Å². The molecule has 0 bridgehead atoms. The Morgan fingerprint density at radius 1 is 1.33 bits per heavy atom. The van der Waals surface area contributed by atoms with Crippen LogP contribution in [0.15, 0.2) is 24.3 Å². The molecule has 0 radical (unpaired) electrons. The highest BCUT2D eigenvalue weighted by Crippen LogP contribution is 2.16. The Bertz CT molecular complexity index is 476. The maximum atomic E-state index is 12.0. The largest absolute Gasteiger partial charge is 0.350 e. The minimum atomic E-state index is -0.0418. The molecule has 2 atom stereocenters. The summed E-state index contributed by atoms with van der Waals surface area (Å²) in [5.41, 5.74) is 7.21. The molecule has 0 aliphatic rings. The van der Waals surface area contributed by atoms with E-state index in [-0.39, 0.29) is 11.9 Å². The van der Waals surface area contributed by atoms with E-state index in [2.05, 4.69) is 18.3 Å². The standard InChI is InChI=1S/C17H25N3O/c1-3-14(10-11-18)6-9-17(21)20-13(2)16-7-4-15(12-19)5-8-16/h4-5,7-8,13-14H,3,6,9-11,18H2,1-2H3,(H,20,21). The van der Waals surface area contributed by atoms with Crippen LogP contribution in [0.4, 0.5) is 0 Å². The molecule has 0 spiro atoms. The van der Waals surface area contributed by atoms with E-state index in [0.717, 1.165) is 24.8 Å². The molecule has 4 heteroatoms. The Morgan fingerprint density at radius 2 is 2.00 bits per heavy atom. The van der Waals surface area contributed by atoms with Crippen LogP contribution in [0.1, 0.15) is 56.7 Å². The molecule has 21 heavy (non-hydrogen) atoms. The van der Waals surface area contributed by atoms with Crippen LogP contribution in [0.2, 0.25) is 0 Å². The van der Waals surface area contributed by atoms with Crippen LogP contribution in [0.25, 0.3) is 0 Å². The Balaban J connectivity index is 2.44. The lowest BCUT2D eigenvalue weighted by molar-refractivity contribution is -0.122. The molecule has 2 unspecified atom stereocenters. The first-order chi connectivity index (χ1) is 10.1. The summed E-state index contributed by atoms with van der Waals surface area (Å²) in [4.78, 5) is 12.0. The van der Waals surface area contributed by atoms with E-state index in [1.54, 1.807) is 12.1 Å². The van der Waals surface area contributed by atoms with Gasteiger partial charge < -0.3 is 11.1 Å². The van der Waals surface area contributed by atoms with Gasteiger partial charge in [-0.25, -0.2) is 0 Å². The van der Waals surface area contributed by atoms with Crippen molar-refractivity contribution in [2.24, 2.45) is 11.7 Å². The van der Waals surface area contributed by atoms with E-state index in [9.17, 15) is 4.79 Å². The summed E-state index contributed by atoms with van der Waals surface area (Å²) in [5, 5.41) is 11.8. The summed E-state index contributed by atoms with van der Waals surface area (Å²) in [5.74, 6) is 0.605. The van der Waals surface area contributed by atoms with Crippen LogP contribution < -0.4 is 11.1 Å². The fourth-order valence-electron chi connectivity index (χ4n) is 2.37. The van der Waals surface area contributed by atoms with Crippen LogP contribution in [0.3, 0.4) is 0 Å². The predicted octanol–water partition coefficient (Wildman–Crippen LogP) is 2.89. The van der Waals surface area contributed by atoms with Gasteiger partial charge in [-0.2, -0.15) is 5.26 Å². The average molecular weight is 287 g/mol. The molecule has 1 aromatic rings. The lowest BCUT2D eigenvalue weighted by atomic mass is 9.96. The normalized spacial score (nSPS) is 13.2. The molecule has 114 valence electrons. The van der Waals surface area contributed by atoms with Gasteiger partial charge in [0, 0.05) is 6.42 Å². The van der Waals surface area contributed by atoms with Gasteiger partial charge in [0.15, 0.2) is 0 Å². The third-order valence-electron chi connectivity index (χ3n) is 3.85. The molecule has 1 aromatic carbocycles. The summed E-state index contributed by atoms with van der Waals surface area (Å²) >= 11 is 0. The van der Waals surface area contributed by atoms with Crippen molar-refractivity contribution in [3.8, 4) is 6.07 Å². The average Bonchev–Trinajstić information content (AvgIpc) is 2.51. The van der Waals surface area contributed by atoms with Crippen molar-refractivity contribution in [1.29, 1.82) is 5.26 Å². The van der Waals surface area contributed by atoms with E-state index in [1.165, 1.54) is 0 Å². The van der Waals surface area contributed by atoms with Gasteiger partial charge >= 0.3 is 0 Å². The minimum absolute atomic E-state index is 0.0418. The van der Waals surface area contributed by atoms with Crippen molar-refractivity contribution in [3.63, 3.8) is 0 Å². The number of nitrogens with zero attached hydrogens (tertiary/aromatic N) is 1. The number of hydrogen-bond acceptors (Lipinski definition) is 3. The molecular weight excluding hydrogens is 262 g/mol. The zero-order valence-electron chi connectivity index (χ0n) is 12.9. The van der Waals surface area contributed by atoms with E-state index in [0.29, 0.717) is 24.4 Å². The lowest BCUT2D eigenvalue weighted by Crippen LogP contribution is -2.27. The smallest absolute Gasteiger partial charge is 0.220 e. The molecule has 3 N–H and O–H groups in total. The van der Waals surface area contributed by atoms with Crippen LogP contribution in [0.5, 0.6) is 0 Å². The number of amides is 1. The van der Waals surface area contributed by atoms with Crippen LogP contribution in [0, 0.1) is 17.2 Å². The molecular formula is C17H25N3O. The minimum Gasteiger partial charge on any atom is -0.350 e. The lowest BCUT2D eigenvalue weighted by Gasteiger charge is -2.16. The number of nitriles is 1. The number of benzene rings is 1. The summed E-state index contributed by atoms with van der Waals surface area (Å²) in [6.07, 6.45) is 3.48. The van der Waals surface area contributed by atoms with E-state index in [1.807, 2.05) is 19.1 Å². The zero-order valence-corrected chi connectivity index (χ0v) is 12.9. The number of nitrogens with two attached hydrogens (primary N) is 1. The molecule has 0 heterocycles. The van der Waals surface area contributed by atoms with Crippen molar-refractivity contribution >= 4 is 5.91 Å². The zero-order chi connectivity index (χ0) is 15.7. The van der Waals surface area contributed by atoms with Crippen molar-refractivity contribution in [2.45, 2.75) is 45.6 Å². The molecule has 0 aliphatic heterocycles. The third-order valence-corrected chi connectivity index (χ3v) is 3.85. The molecule has 0 aliphatic carbocycles. The van der Waals surface area contributed by atoms with Crippen molar-refractivity contribution < 1.29 is 4.79 Å². The van der Waals surface area contributed by atoms with Gasteiger partial charge in [0.2, 0.25) is 5.91 Å². The van der Waals surface area contributed by atoms with Gasteiger partial charge in [-0.1, -0.05) is 25.5 Å². The number of carbonyl (C=O) groups is 1. The molecule has 0 fully saturated rings. The van der Waals surface area contributed by atoms with Gasteiger partial charge in [-0.15, -0.1) is 0 Å². The first-order valence-electron chi connectivity index (χ1n) is 7.60. The number of carbonyl (C=O) groups excluding carboxylic acids is 1. The fourth-order valence-corrected chi connectivity index (χ4v) is 2.37. The van der Waals surface area contributed by atoms with Gasteiger partial charge in [0.05, 0.1) is 17.7 Å². The van der Waals surface area contributed by atoms with Crippen LogP contribution in [-0.4, -0.2) is 12.5 Å². The molecule has 1 amide bonds. The highest BCUT2D eigenvalue weighted by molar-refractivity contribution is 5.76. The number of rotatable bonds is 8. The van der Waals surface area contributed by atoms with Crippen LogP contribution >= 0.6 is 0 Å². The van der Waals surface area contributed by atoms with E-state index < -0.39 is 0 Å². The topological polar surface area (TPSA) is 78.9 Å². The van der Waals surface area contributed by atoms with Gasteiger partial charge in [0.1, 0.15) is 0 Å². The summed E-state index contributed by atoms with van der Waals surface area (Å²) in [6.45, 7) is 4.77. The summed E-state index contributed by atoms with van der Waals surface area (Å²) in [7, 11) is 0. The van der Waals surface area contributed by atoms with Gasteiger partial charge in [0.25, 0.3) is 0 Å². The predicted molar refractivity (Wildman–Crippen MR) is 84.4 cm³/mol. The fraction of sp³-hybridized carbons (Fsp3) is 0.529. The SMILES string of the molecule is CCC(CCN)CCC(=O)NC(C)c1ccc(C#N)cc1. The molecule has 4 nitrogen and oxygen atoms in total. The second-order valence-electron chi connectivity index (χ2n) is 5.41. The highest BCUT2D eigenvalue weighted by Gasteiger charge is 2.12.